The average Bonchev–Trinajstić information content (AvgIpc) is 3.68. The molecule has 0 aromatic heterocycles. The normalized spacial score (nSPS) is 28.4. The fraction of sp³-hybridized carbons (Fsp3) is 0.469. The Kier molecular flexibility index (Phi) is 7.79. The van der Waals surface area contributed by atoms with Crippen LogP contribution in [0.25, 0.3) is 0 Å². The van der Waals surface area contributed by atoms with Crippen molar-refractivity contribution in [3.05, 3.63) is 64.7 Å². The molecule has 4 saturated heterocycles. The summed E-state index contributed by atoms with van der Waals surface area (Å²) in [5.74, 6) is 1.50. The molecule has 0 spiro atoms. The third-order valence-electron chi connectivity index (χ3n) is 9.23. The highest BCUT2D eigenvalue weighted by Crippen LogP contribution is 2.48. The summed E-state index contributed by atoms with van der Waals surface area (Å²) < 4.78 is 6.02. The first-order valence-corrected chi connectivity index (χ1v) is 16.2. The summed E-state index contributed by atoms with van der Waals surface area (Å²) in [6.45, 7) is 5.64. The number of rotatable bonds is 6. The van der Waals surface area contributed by atoms with Crippen LogP contribution in [-0.2, 0) is 9.59 Å². The summed E-state index contributed by atoms with van der Waals surface area (Å²) in [6, 6.07) is 15.0. The molecule has 5 heterocycles. The molecule has 5 atom stereocenters. The molecule has 11 heteroatoms. The van der Waals surface area contributed by atoms with E-state index in [-0.39, 0.29) is 47.1 Å². The Hall–Kier alpha value is -3.54. The van der Waals surface area contributed by atoms with Gasteiger partial charge in [0.1, 0.15) is 11.5 Å². The van der Waals surface area contributed by atoms with E-state index in [1.807, 2.05) is 65.3 Å². The second-order valence-electron chi connectivity index (χ2n) is 12.1. The fourth-order valence-corrected chi connectivity index (χ4v) is 8.56. The lowest BCUT2D eigenvalue weighted by Crippen LogP contribution is -2.62. The zero-order valence-electron chi connectivity index (χ0n) is 24.3. The first kappa shape index (κ1) is 28.2. The summed E-state index contributed by atoms with van der Waals surface area (Å²) >= 11 is 1.51. The lowest BCUT2D eigenvalue weighted by Gasteiger charge is -2.46. The van der Waals surface area contributed by atoms with Crippen molar-refractivity contribution in [2.24, 2.45) is 11.8 Å². The van der Waals surface area contributed by atoms with Crippen LogP contribution in [-0.4, -0.2) is 72.9 Å². The Morgan fingerprint density at radius 1 is 1.05 bits per heavy atom. The molecule has 5 aliphatic rings. The van der Waals surface area contributed by atoms with Gasteiger partial charge in [0.05, 0.1) is 22.2 Å². The number of likely N-dealkylation sites (tertiary alicyclic amines) is 1. The first-order valence-electron chi connectivity index (χ1n) is 15.3. The van der Waals surface area contributed by atoms with E-state index >= 15 is 0 Å². The van der Waals surface area contributed by atoms with Crippen LogP contribution < -0.4 is 30.9 Å². The molecule has 2 aromatic rings. The van der Waals surface area contributed by atoms with E-state index in [2.05, 4.69) is 21.3 Å². The molecule has 5 aliphatic heterocycles. The van der Waals surface area contributed by atoms with Crippen molar-refractivity contribution in [1.82, 2.24) is 26.2 Å². The lowest BCUT2D eigenvalue weighted by atomic mass is 9.86. The molecule has 226 valence electrons. The van der Waals surface area contributed by atoms with Crippen molar-refractivity contribution in [2.75, 3.05) is 37.6 Å². The summed E-state index contributed by atoms with van der Waals surface area (Å²) in [5.41, 5.74) is 2.50. The molecule has 43 heavy (non-hydrogen) atoms. The Morgan fingerprint density at radius 3 is 2.70 bits per heavy atom. The second-order valence-corrected chi connectivity index (χ2v) is 13.2. The van der Waals surface area contributed by atoms with Crippen LogP contribution in [0.5, 0.6) is 11.5 Å². The van der Waals surface area contributed by atoms with Crippen LogP contribution in [0.15, 0.2) is 59.1 Å². The van der Waals surface area contributed by atoms with Crippen LogP contribution in [0.2, 0.25) is 0 Å². The minimum absolute atomic E-state index is 0.00195. The van der Waals surface area contributed by atoms with E-state index < -0.39 is 0 Å². The van der Waals surface area contributed by atoms with Crippen molar-refractivity contribution in [3.63, 3.8) is 0 Å². The van der Waals surface area contributed by atoms with Crippen molar-refractivity contribution >= 4 is 35.3 Å². The number of benzene rings is 2. The number of para-hydroxylation sites is 1. The molecule has 3 unspecified atom stereocenters. The number of aryl methyl sites for hydroxylation is 1. The van der Waals surface area contributed by atoms with Gasteiger partial charge in [0.15, 0.2) is 0 Å². The third-order valence-corrected chi connectivity index (χ3v) is 10.6. The van der Waals surface area contributed by atoms with E-state index in [0.29, 0.717) is 22.9 Å². The number of thioether (sulfide) groups is 1. The summed E-state index contributed by atoms with van der Waals surface area (Å²) in [5, 5.41) is 13.2. The van der Waals surface area contributed by atoms with Gasteiger partial charge in [-0.15, -0.1) is 0 Å². The van der Waals surface area contributed by atoms with E-state index in [0.717, 1.165) is 68.9 Å². The Morgan fingerprint density at radius 2 is 1.91 bits per heavy atom. The number of ether oxygens (including phenoxy) is 1. The molecular weight excluding hydrogens is 564 g/mol. The SMILES string of the molecule is Cc1cc(Oc2ccccc2)ccc1N1C(=O)NC2=C(C(=O)N[C@@H]3CCCN(C(=O)[C@H]4CCNC4)C3)SC3NCCC1C23. The van der Waals surface area contributed by atoms with Gasteiger partial charge in [0.25, 0.3) is 5.91 Å². The molecule has 7 rings (SSSR count). The Bertz CT molecular complexity index is 1440. The zero-order chi connectivity index (χ0) is 29.5. The molecule has 4 fully saturated rings. The van der Waals surface area contributed by atoms with Gasteiger partial charge in [0, 0.05) is 43.0 Å². The first-order chi connectivity index (χ1) is 21.0. The highest BCUT2D eigenvalue weighted by atomic mass is 32.2. The molecular formula is C32H38N6O4S. The Labute approximate surface area is 256 Å². The van der Waals surface area contributed by atoms with E-state index in [1.54, 1.807) is 0 Å². The summed E-state index contributed by atoms with van der Waals surface area (Å²) in [7, 11) is 0. The molecule has 0 radical (unpaired) electrons. The third kappa shape index (κ3) is 5.49. The zero-order valence-corrected chi connectivity index (χ0v) is 25.1. The minimum Gasteiger partial charge on any atom is -0.457 e. The molecule has 2 aromatic carbocycles. The predicted molar refractivity (Wildman–Crippen MR) is 166 cm³/mol. The van der Waals surface area contributed by atoms with Gasteiger partial charge in [-0.2, -0.15) is 0 Å². The number of hydrogen-bond donors (Lipinski definition) is 4. The maximum Gasteiger partial charge on any atom is 0.326 e. The van der Waals surface area contributed by atoms with Gasteiger partial charge in [-0.25, -0.2) is 4.79 Å². The standard InChI is InChI=1S/C32H38N6O4S/c1-19-16-23(42-22-7-3-2-4-8-22)9-10-24(19)38-25-12-14-34-30-26(25)27(36-32(38)41)28(43-30)29(39)35-21-6-5-15-37(18-21)31(40)20-11-13-33-17-20/h2-4,7-10,16,20-21,25-26,30,33-34H,5-6,11-15,17-18H2,1H3,(H,35,39)(H,36,41)/t20-,21+,25?,26?,30?/m0/s1. The second kappa shape index (κ2) is 11.9. The molecule has 0 bridgehead atoms. The van der Waals surface area contributed by atoms with Gasteiger partial charge in [-0.05, 0) is 81.6 Å². The smallest absolute Gasteiger partial charge is 0.326 e. The number of anilines is 1. The van der Waals surface area contributed by atoms with Crippen molar-refractivity contribution in [1.29, 1.82) is 0 Å². The van der Waals surface area contributed by atoms with E-state index in [1.165, 1.54) is 11.8 Å². The monoisotopic (exact) mass is 602 g/mol. The summed E-state index contributed by atoms with van der Waals surface area (Å²) in [4.78, 5) is 44.8. The fourth-order valence-electron chi connectivity index (χ4n) is 7.16. The van der Waals surface area contributed by atoms with Gasteiger partial charge in [0.2, 0.25) is 5.91 Å². The quantitative estimate of drug-likeness (QED) is 0.401. The van der Waals surface area contributed by atoms with Crippen LogP contribution in [0.3, 0.4) is 0 Å². The number of hydrogen-bond acceptors (Lipinski definition) is 7. The number of piperidine rings is 2. The number of carbonyl (C=O) groups excluding carboxylic acids is 3. The number of carbonyl (C=O) groups is 3. The lowest BCUT2D eigenvalue weighted by molar-refractivity contribution is -0.136. The van der Waals surface area contributed by atoms with Gasteiger partial charge < -0.3 is 30.9 Å². The molecule has 0 saturated carbocycles. The minimum atomic E-state index is -0.218. The number of urea groups is 1. The van der Waals surface area contributed by atoms with Crippen molar-refractivity contribution in [2.45, 2.75) is 50.1 Å². The number of nitrogens with one attached hydrogen (secondary N) is 4. The van der Waals surface area contributed by atoms with Crippen LogP contribution in [0, 0.1) is 18.8 Å². The molecule has 4 N–H and O–H groups in total. The van der Waals surface area contributed by atoms with Crippen LogP contribution in [0.4, 0.5) is 10.5 Å². The maximum absolute atomic E-state index is 13.7. The van der Waals surface area contributed by atoms with Gasteiger partial charge >= 0.3 is 6.03 Å². The number of amides is 4. The van der Waals surface area contributed by atoms with Crippen LogP contribution in [0.1, 0.15) is 31.2 Å². The van der Waals surface area contributed by atoms with Crippen molar-refractivity contribution in [3.8, 4) is 11.5 Å². The van der Waals surface area contributed by atoms with Crippen LogP contribution >= 0.6 is 11.8 Å². The van der Waals surface area contributed by atoms with Gasteiger partial charge in [-0.1, -0.05) is 30.0 Å². The number of nitrogens with zero attached hydrogens (tertiary/aromatic N) is 2. The largest absolute Gasteiger partial charge is 0.457 e. The highest BCUT2D eigenvalue weighted by Gasteiger charge is 2.52. The van der Waals surface area contributed by atoms with Crippen molar-refractivity contribution < 1.29 is 19.1 Å². The molecule has 4 amide bonds. The Balaban J connectivity index is 1.07. The topological polar surface area (TPSA) is 115 Å². The predicted octanol–water partition coefficient (Wildman–Crippen LogP) is 3.30. The average molecular weight is 603 g/mol. The summed E-state index contributed by atoms with van der Waals surface area (Å²) in [6.07, 6.45) is 3.36. The molecule has 0 aliphatic carbocycles. The van der Waals surface area contributed by atoms with E-state index in [9.17, 15) is 14.4 Å². The van der Waals surface area contributed by atoms with Gasteiger partial charge in [-0.3, -0.25) is 14.5 Å². The highest BCUT2D eigenvalue weighted by molar-refractivity contribution is 8.04. The molecule has 10 nitrogen and oxygen atoms in total. The van der Waals surface area contributed by atoms with E-state index in [4.69, 9.17) is 4.74 Å². The maximum atomic E-state index is 13.7.